The van der Waals surface area contributed by atoms with Gasteiger partial charge in [0.25, 0.3) is 0 Å². The van der Waals surface area contributed by atoms with Gasteiger partial charge in [0, 0.05) is 0 Å². The van der Waals surface area contributed by atoms with Gasteiger partial charge in [-0.2, -0.15) is 18.3 Å². The van der Waals surface area contributed by atoms with Crippen LogP contribution >= 0.6 is 11.6 Å². The average Bonchev–Trinajstić information content (AvgIpc) is 2.68. The number of amides is 2. The fraction of sp³-hybridized carbons (Fsp3) is 0.111. The first kappa shape index (κ1) is 21.9. The van der Waals surface area contributed by atoms with Gasteiger partial charge < -0.3 is 10.1 Å². The Hall–Kier alpha value is -3.40. The van der Waals surface area contributed by atoms with Crippen LogP contribution in [0.3, 0.4) is 0 Å². The number of ether oxygens (including phenoxy) is 1. The van der Waals surface area contributed by atoms with E-state index in [1.165, 1.54) is 37.6 Å². The summed E-state index contributed by atoms with van der Waals surface area (Å²) in [4.78, 5) is 34.9. The lowest BCUT2D eigenvalue weighted by Gasteiger charge is -2.11. The number of alkyl halides is 3. The summed E-state index contributed by atoms with van der Waals surface area (Å²) in [7, 11) is 1.24. The number of hydrogen-bond donors (Lipinski definition) is 2. The fourth-order valence-corrected chi connectivity index (χ4v) is 2.18. The summed E-state index contributed by atoms with van der Waals surface area (Å²) in [6, 6.07) is 8.28. The molecule has 0 radical (unpaired) electrons. The van der Waals surface area contributed by atoms with Gasteiger partial charge in [-0.05, 0) is 35.9 Å². The molecule has 0 aromatic heterocycles. The topological polar surface area (TPSA) is 96.9 Å². The molecular formula is C18H13ClF3N3O4. The fourth-order valence-electron chi connectivity index (χ4n) is 2.02. The van der Waals surface area contributed by atoms with Gasteiger partial charge in [0.15, 0.2) is 0 Å². The number of nitrogens with one attached hydrogen (secondary N) is 2. The van der Waals surface area contributed by atoms with E-state index in [0.29, 0.717) is 17.2 Å². The SMILES string of the molecule is COC(=O)c1ccc(/C=N/NC(=O)C(=O)Nc2cc(C(F)(F)F)ccc2Cl)cc1. The van der Waals surface area contributed by atoms with Crippen molar-refractivity contribution in [3.05, 3.63) is 64.2 Å². The number of hydrogen-bond acceptors (Lipinski definition) is 5. The largest absolute Gasteiger partial charge is 0.465 e. The highest BCUT2D eigenvalue weighted by molar-refractivity contribution is 6.41. The zero-order chi connectivity index (χ0) is 21.6. The van der Waals surface area contributed by atoms with E-state index < -0.39 is 29.5 Å². The lowest BCUT2D eigenvalue weighted by Crippen LogP contribution is -2.32. The van der Waals surface area contributed by atoms with Crippen LogP contribution in [0.5, 0.6) is 0 Å². The van der Waals surface area contributed by atoms with E-state index in [0.717, 1.165) is 12.1 Å². The van der Waals surface area contributed by atoms with Gasteiger partial charge in [0.05, 0.1) is 35.2 Å². The highest BCUT2D eigenvalue weighted by atomic mass is 35.5. The number of nitrogens with zero attached hydrogens (tertiary/aromatic N) is 1. The molecule has 0 aliphatic carbocycles. The third-order valence-corrected chi connectivity index (χ3v) is 3.79. The zero-order valence-electron chi connectivity index (χ0n) is 14.7. The molecule has 7 nitrogen and oxygen atoms in total. The van der Waals surface area contributed by atoms with E-state index in [1.807, 2.05) is 10.7 Å². The lowest BCUT2D eigenvalue weighted by atomic mass is 10.1. The van der Waals surface area contributed by atoms with Gasteiger partial charge in [-0.1, -0.05) is 23.7 Å². The second-order valence-corrected chi connectivity index (χ2v) is 5.87. The molecule has 2 N–H and O–H groups in total. The van der Waals surface area contributed by atoms with Crippen molar-refractivity contribution in [2.24, 2.45) is 5.10 Å². The summed E-state index contributed by atoms with van der Waals surface area (Å²) in [5, 5.41) is 5.38. The van der Waals surface area contributed by atoms with Crippen LogP contribution in [0.2, 0.25) is 5.02 Å². The Morgan fingerprint density at radius 1 is 1.07 bits per heavy atom. The molecule has 29 heavy (non-hydrogen) atoms. The minimum atomic E-state index is -4.64. The van der Waals surface area contributed by atoms with Crippen LogP contribution in [-0.2, 0) is 20.5 Å². The smallest absolute Gasteiger partial charge is 0.416 e. The van der Waals surface area contributed by atoms with Crippen LogP contribution in [-0.4, -0.2) is 31.1 Å². The molecule has 2 aromatic carbocycles. The molecule has 11 heteroatoms. The number of carbonyl (C=O) groups excluding carboxylic acids is 3. The van der Waals surface area contributed by atoms with E-state index in [1.54, 1.807) is 0 Å². The number of benzene rings is 2. The molecule has 0 bridgehead atoms. The Labute approximate surface area is 167 Å². The molecule has 0 fully saturated rings. The average molecular weight is 428 g/mol. The third kappa shape index (κ3) is 6.04. The van der Waals surface area contributed by atoms with E-state index in [-0.39, 0.29) is 10.7 Å². The minimum absolute atomic E-state index is 0.173. The highest BCUT2D eigenvalue weighted by Gasteiger charge is 2.31. The van der Waals surface area contributed by atoms with Gasteiger partial charge in [0.1, 0.15) is 0 Å². The minimum Gasteiger partial charge on any atom is -0.465 e. The van der Waals surface area contributed by atoms with Crippen molar-refractivity contribution in [1.29, 1.82) is 0 Å². The van der Waals surface area contributed by atoms with E-state index in [2.05, 4.69) is 9.84 Å². The number of hydrazone groups is 1. The van der Waals surface area contributed by atoms with Crippen molar-refractivity contribution < 1.29 is 32.3 Å². The van der Waals surface area contributed by atoms with Gasteiger partial charge in [-0.25, -0.2) is 10.2 Å². The number of esters is 1. The standard InChI is InChI=1S/C18H13ClF3N3O4/c1-29-17(28)11-4-2-10(3-5-11)9-23-25-16(27)15(26)24-14-8-12(18(20,21)22)6-7-13(14)19/h2-9H,1H3,(H,24,26)(H,25,27)/b23-9+. The second-order valence-electron chi connectivity index (χ2n) is 5.46. The van der Waals surface area contributed by atoms with Crippen molar-refractivity contribution in [3.8, 4) is 0 Å². The Morgan fingerprint density at radius 2 is 1.72 bits per heavy atom. The normalized spacial score (nSPS) is 11.2. The first-order valence-corrected chi connectivity index (χ1v) is 8.19. The summed E-state index contributed by atoms with van der Waals surface area (Å²) in [5.74, 6) is -3.00. The Balaban J connectivity index is 1.98. The molecule has 0 spiro atoms. The molecule has 0 saturated heterocycles. The van der Waals surface area contributed by atoms with Gasteiger partial charge in [-0.15, -0.1) is 0 Å². The van der Waals surface area contributed by atoms with Crippen molar-refractivity contribution in [3.63, 3.8) is 0 Å². The number of methoxy groups -OCH3 is 1. The van der Waals surface area contributed by atoms with Crippen LogP contribution in [0.4, 0.5) is 18.9 Å². The Bertz CT molecular complexity index is 960. The predicted octanol–water partition coefficient (Wildman–Crippen LogP) is 3.23. The molecule has 0 aliphatic heterocycles. The number of rotatable bonds is 4. The summed E-state index contributed by atoms with van der Waals surface area (Å²) >= 11 is 5.75. The Kier molecular flexibility index (Phi) is 6.94. The molecular weight excluding hydrogens is 415 g/mol. The molecule has 0 heterocycles. The van der Waals surface area contributed by atoms with Crippen LogP contribution in [0.1, 0.15) is 21.5 Å². The summed E-state index contributed by atoms with van der Waals surface area (Å²) in [6.07, 6.45) is -3.44. The van der Waals surface area contributed by atoms with Gasteiger partial charge >= 0.3 is 24.0 Å². The number of halogens is 4. The van der Waals surface area contributed by atoms with E-state index in [9.17, 15) is 27.6 Å². The third-order valence-electron chi connectivity index (χ3n) is 3.46. The maximum atomic E-state index is 12.7. The second kappa shape index (κ2) is 9.20. The van der Waals surface area contributed by atoms with E-state index >= 15 is 0 Å². The summed E-state index contributed by atoms with van der Waals surface area (Å²) < 4.78 is 42.8. The first-order chi connectivity index (χ1) is 13.6. The zero-order valence-corrected chi connectivity index (χ0v) is 15.5. The van der Waals surface area contributed by atoms with Crippen molar-refractivity contribution >= 4 is 41.3 Å². The number of carbonyl (C=O) groups is 3. The van der Waals surface area contributed by atoms with Gasteiger partial charge in [0.2, 0.25) is 0 Å². The maximum Gasteiger partial charge on any atom is 0.416 e. The molecule has 0 atom stereocenters. The first-order valence-electron chi connectivity index (χ1n) is 7.81. The molecule has 2 rings (SSSR count). The molecule has 2 aromatic rings. The molecule has 0 unspecified atom stereocenters. The van der Waals surface area contributed by atoms with Crippen molar-refractivity contribution in [2.75, 3.05) is 12.4 Å². The van der Waals surface area contributed by atoms with Crippen molar-refractivity contribution in [2.45, 2.75) is 6.18 Å². The lowest BCUT2D eigenvalue weighted by molar-refractivity contribution is -0.137. The van der Waals surface area contributed by atoms with Gasteiger partial charge in [-0.3, -0.25) is 9.59 Å². The highest BCUT2D eigenvalue weighted by Crippen LogP contribution is 2.33. The molecule has 2 amide bonds. The van der Waals surface area contributed by atoms with Crippen LogP contribution in [0, 0.1) is 0 Å². The Morgan fingerprint density at radius 3 is 2.31 bits per heavy atom. The van der Waals surface area contributed by atoms with Crippen LogP contribution in [0.15, 0.2) is 47.6 Å². The van der Waals surface area contributed by atoms with E-state index in [4.69, 9.17) is 11.6 Å². The summed E-state index contributed by atoms with van der Waals surface area (Å²) in [5.41, 5.74) is 1.33. The monoisotopic (exact) mass is 427 g/mol. The maximum absolute atomic E-state index is 12.7. The molecule has 0 aliphatic rings. The van der Waals surface area contributed by atoms with Crippen molar-refractivity contribution in [1.82, 2.24) is 5.43 Å². The predicted molar refractivity (Wildman–Crippen MR) is 98.6 cm³/mol. The molecule has 0 saturated carbocycles. The number of anilines is 1. The van der Waals surface area contributed by atoms with Crippen LogP contribution in [0.25, 0.3) is 0 Å². The van der Waals surface area contributed by atoms with Crippen LogP contribution < -0.4 is 10.7 Å². The molecule has 152 valence electrons. The quantitative estimate of drug-likeness (QED) is 0.339. The summed E-state index contributed by atoms with van der Waals surface area (Å²) in [6.45, 7) is 0.